The van der Waals surface area contributed by atoms with E-state index in [0.717, 1.165) is 16.5 Å². The molecule has 8 nitrogen and oxygen atoms in total. The Morgan fingerprint density at radius 1 is 1.20 bits per heavy atom. The van der Waals surface area contributed by atoms with Gasteiger partial charge in [-0.25, -0.2) is 14.4 Å². The number of aromatic nitrogens is 3. The Morgan fingerprint density at radius 2 is 1.89 bits per heavy atom. The van der Waals surface area contributed by atoms with E-state index in [1.807, 2.05) is 53.8 Å². The zero-order valence-electron chi connectivity index (χ0n) is 21.3. The van der Waals surface area contributed by atoms with Gasteiger partial charge in [0.25, 0.3) is 5.91 Å². The smallest absolute Gasteiger partial charge is 0.274 e. The number of thiophene rings is 1. The van der Waals surface area contributed by atoms with Crippen LogP contribution in [-0.4, -0.2) is 50.8 Å². The van der Waals surface area contributed by atoms with Gasteiger partial charge in [0.2, 0.25) is 11.9 Å². The van der Waals surface area contributed by atoms with E-state index >= 15 is 0 Å². The van der Waals surface area contributed by atoms with Crippen LogP contribution in [0, 0.1) is 18.2 Å². The molecule has 10 heteroatoms. The third-order valence-corrected chi connectivity index (χ3v) is 6.65. The molecule has 0 aliphatic carbocycles. The minimum Gasteiger partial charge on any atom is -0.349 e. The summed E-state index contributed by atoms with van der Waals surface area (Å²) in [6.45, 7) is 14.2. The summed E-state index contributed by atoms with van der Waals surface area (Å²) >= 11 is 1.43. The summed E-state index contributed by atoms with van der Waals surface area (Å²) in [7, 11) is 0. The Bertz CT molecular complexity index is 1220. The van der Waals surface area contributed by atoms with Gasteiger partial charge < -0.3 is 15.5 Å². The van der Waals surface area contributed by atoms with Crippen molar-refractivity contribution in [3.05, 3.63) is 46.5 Å². The van der Waals surface area contributed by atoms with Crippen LogP contribution in [0.3, 0.4) is 0 Å². The Balaban J connectivity index is 0.00000167. The molecule has 1 aliphatic heterocycles. The van der Waals surface area contributed by atoms with Gasteiger partial charge in [-0.05, 0) is 36.4 Å². The van der Waals surface area contributed by atoms with Gasteiger partial charge in [-0.2, -0.15) is 0 Å². The molecule has 1 saturated heterocycles. The SMILES string of the molecule is CC.Cc1csc2c(C(=O)N3CC(NC(=O)C(C)(C)C)C3)nc(NC(C)c3cncc(F)c3)nc12. The molecule has 0 saturated carbocycles. The maximum Gasteiger partial charge on any atom is 0.274 e. The predicted molar refractivity (Wildman–Crippen MR) is 137 cm³/mol. The van der Waals surface area contributed by atoms with Gasteiger partial charge in [-0.1, -0.05) is 34.6 Å². The van der Waals surface area contributed by atoms with Crippen LogP contribution in [0.2, 0.25) is 0 Å². The molecule has 3 aromatic heterocycles. The lowest BCUT2D eigenvalue weighted by Gasteiger charge is -2.40. The molecule has 3 aromatic rings. The number of rotatable bonds is 5. The van der Waals surface area contributed by atoms with Crippen molar-refractivity contribution in [3.63, 3.8) is 0 Å². The number of hydrogen-bond acceptors (Lipinski definition) is 7. The van der Waals surface area contributed by atoms with Crippen LogP contribution in [0.25, 0.3) is 10.2 Å². The van der Waals surface area contributed by atoms with Gasteiger partial charge in [-0.3, -0.25) is 14.6 Å². The third kappa shape index (κ3) is 5.93. The summed E-state index contributed by atoms with van der Waals surface area (Å²) in [5, 5.41) is 8.09. The number of nitrogens with zero attached hydrogens (tertiary/aromatic N) is 4. The van der Waals surface area contributed by atoms with Crippen molar-refractivity contribution in [1.82, 2.24) is 25.2 Å². The first-order chi connectivity index (χ1) is 16.5. The molecule has 0 aromatic carbocycles. The first-order valence-electron chi connectivity index (χ1n) is 11.8. The number of anilines is 1. The van der Waals surface area contributed by atoms with E-state index in [-0.39, 0.29) is 23.9 Å². The third-order valence-electron chi connectivity index (χ3n) is 5.55. The molecule has 1 aliphatic rings. The van der Waals surface area contributed by atoms with E-state index in [9.17, 15) is 14.0 Å². The van der Waals surface area contributed by atoms with E-state index in [4.69, 9.17) is 0 Å². The van der Waals surface area contributed by atoms with Crippen molar-refractivity contribution in [2.24, 2.45) is 5.41 Å². The van der Waals surface area contributed by atoms with E-state index in [2.05, 4.69) is 25.6 Å². The summed E-state index contributed by atoms with van der Waals surface area (Å²) in [5.74, 6) is -0.367. The number of carbonyl (C=O) groups excluding carboxylic acids is 2. The Kier molecular flexibility index (Phi) is 8.04. The van der Waals surface area contributed by atoms with Crippen LogP contribution in [0.5, 0.6) is 0 Å². The molecule has 1 fully saturated rings. The van der Waals surface area contributed by atoms with Gasteiger partial charge in [0, 0.05) is 24.7 Å². The standard InChI is InChI=1S/C23H27FN6O2S.C2H6/c1-12-11-33-19-17(12)28-22(26-13(2)14-6-15(24)8-25-7-14)29-18(19)20(31)30-9-16(10-30)27-21(32)23(3,4)5;1-2/h6-8,11,13,16H,9-10H2,1-5H3,(H,27,32)(H,26,28,29);1-2H3. The fraction of sp³-hybridized carbons (Fsp3) is 0.480. The average Bonchev–Trinajstić information content (AvgIpc) is 3.16. The number of aryl methyl sites for hydroxylation is 1. The summed E-state index contributed by atoms with van der Waals surface area (Å²) in [6.07, 6.45) is 2.72. The lowest BCUT2D eigenvalue weighted by atomic mass is 9.94. The highest BCUT2D eigenvalue weighted by atomic mass is 32.1. The summed E-state index contributed by atoms with van der Waals surface area (Å²) in [5.41, 5.74) is 2.16. The van der Waals surface area contributed by atoms with E-state index in [0.29, 0.717) is 35.8 Å². The van der Waals surface area contributed by atoms with Gasteiger partial charge in [0.15, 0.2) is 5.69 Å². The van der Waals surface area contributed by atoms with Crippen molar-refractivity contribution >= 4 is 39.3 Å². The highest BCUT2D eigenvalue weighted by Crippen LogP contribution is 2.30. The van der Waals surface area contributed by atoms with Crippen molar-refractivity contribution < 1.29 is 14.0 Å². The summed E-state index contributed by atoms with van der Waals surface area (Å²) < 4.78 is 14.3. The second kappa shape index (κ2) is 10.6. The number of hydrogen-bond donors (Lipinski definition) is 2. The molecule has 0 spiro atoms. The van der Waals surface area contributed by atoms with Crippen LogP contribution in [0.1, 0.15) is 69.2 Å². The highest BCUT2D eigenvalue weighted by Gasteiger charge is 2.36. The van der Waals surface area contributed by atoms with Gasteiger partial charge in [0.1, 0.15) is 5.82 Å². The minimum absolute atomic E-state index is 0.0368. The Hall–Kier alpha value is -3.14. The van der Waals surface area contributed by atoms with Crippen molar-refractivity contribution in [3.8, 4) is 0 Å². The first kappa shape index (κ1) is 26.5. The molecular weight excluding hydrogens is 467 g/mol. The fourth-order valence-electron chi connectivity index (χ4n) is 3.47. The predicted octanol–water partition coefficient (Wildman–Crippen LogP) is 4.72. The molecule has 1 atom stereocenters. The number of halogens is 1. The number of amides is 2. The summed E-state index contributed by atoms with van der Waals surface area (Å²) in [4.78, 5) is 40.2. The first-order valence-corrected chi connectivity index (χ1v) is 12.6. The molecule has 188 valence electrons. The van der Waals surface area contributed by atoms with E-state index in [1.165, 1.54) is 17.4 Å². The van der Waals surface area contributed by atoms with Crippen LogP contribution >= 0.6 is 11.3 Å². The van der Waals surface area contributed by atoms with Crippen molar-refractivity contribution in [2.75, 3.05) is 18.4 Å². The van der Waals surface area contributed by atoms with Crippen LogP contribution in [-0.2, 0) is 4.79 Å². The molecule has 0 bridgehead atoms. The molecule has 2 N–H and O–H groups in total. The van der Waals surface area contributed by atoms with Crippen molar-refractivity contribution in [1.29, 1.82) is 0 Å². The van der Waals surface area contributed by atoms with Crippen LogP contribution in [0.4, 0.5) is 10.3 Å². The summed E-state index contributed by atoms with van der Waals surface area (Å²) in [6, 6.07) is 1.02. The number of likely N-dealkylation sites (tertiary alicyclic amines) is 1. The number of pyridine rings is 1. The molecule has 2 amide bonds. The second-order valence-corrected chi connectivity index (χ2v) is 10.3. The lowest BCUT2D eigenvalue weighted by molar-refractivity contribution is -0.130. The highest BCUT2D eigenvalue weighted by molar-refractivity contribution is 7.17. The monoisotopic (exact) mass is 500 g/mol. The average molecular weight is 501 g/mol. The normalized spacial score (nSPS) is 14.6. The number of nitrogens with one attached hydrogen (secondary N) is 2. The number of fused-ring (bicyclic) bond motifs is 1. The van der Waals surface area contributed by atoms with Crippen LogP contribution < -0.4 is 10.6 Å². The van der Waals surface area contributed by atoms with Crippen LogP contribution in [0.15, 0.2) is 23.8 Å². The second-order valence-electron chi connectivity index (χ2n) is 9.43. The molecule has 4 heterocycles. The maximum atomic E-state index is 13.6. The molecule has 1 unspecified atom stereocenters. The van der Waals surface area contributed by atoms with E-state index < -0.39 is 11.2 Å². The minimum atomic E-state index is -0.480. The van der Waals surface area contributed by atoms with Gasteiger partial charge >= 0.3 is 0 Å². The van der Waals surface area contributed by atoms with Gasteiger partial charge in [-0.15, -0.1) is 11.3 Å². The molecule has 0 radical (unpaired) electrons. The lowest BCUT2D eigenvalue weighted by Crippen LogP contribution is -2.62. The molecule has 4 rings (SSSR count). The number of carbonyl (C=O) groups is 2. The van der Waals surface area contributed by atoms with Gasteiger partial charge in [0.05, 0.1) is 28.5 Å². The zero-order valence-corrected chi connectivity index (χ0v) is 22.1. The Morgan fingerprint density at radius 3 is 2.51 bits per heavy atom. The zero-order chi connectivity index (χ0) is 25.9. The largest absolute Gasteiger partial charge is 0.349 e. The Labute approximate surface area is 209 Å². The maximum absolute atomic E-state index is 13.6. The topological polar surface area (TPSA) is 100 Å². The molecular formula is C25H33FN6O2S. The molecule has 35 heavy (non-hydrogen) atoms. The van der Waals surface area contributed by atoms with Crippen molar-refractivity contribution in [2.45, 2.75) is 60.5 Å². The fourth-order valence-corrected chi connectivity index (χ4v) is 4.44. The van der Waals surface area contributed by atoms with E-state index in [1.54, 1.807) is 11.1 Å². The quantitative estimate of drug-likeness (QED) is 0.526.